The van der Waals surface area contributed by atoms with Gasteiger partial charge < -0.3 is 31.7 Å². The van der Waals surface area contributed by atoms with Gasteiger partial charge in [0.2, 0.25) is 0 Å². The van der Waals surface area contributed by atoms with Crippen molar-refractivity contribution < 1.29 is 34.1 Å². The highest BCUT2D eigenvalue weighted by atomic mass is 35.5. The Hall–Kier alpha value is -3.34. The summed E-state index contributed by atoms with van der Waals surface area (Å²) in [6.07, 6.45) is -1.04. The smallest absolute Gasteiger partial charge is 0.320 e. The van der Waals surface area contributed by atoms with E-state index in [1.807, 2.05) is 0 Å². The van der Waals surface area contributed by atoms with Crippen LogP contribution in [0.5, 0.6) is 5.75 Å². The van der Waals surface area contributed by atoms with Gasteiger partial charge >= 0.3 is 18.0 Å². The highest BCUT2D eigenvalue weighted by Gasteiger charge is 2.47. The number of carboxylic acids is 2. The lowest BCUT2D eigenvalue weighted by atomic mass is 9.79. The molecule has 0 saturated heterocycles. The van der Waals surface area contributed by atoms with Crippen LogP contribution in [0.25, 0.3) is 0 Å². The molecule has 0 saturated carbocycles. The van der Waals surface area contributed by atoms with Crippen LogP contribution in [0.1, 0.15) is 12.0 Å². The van der Waals surface area contributed by atoms with Crippen LogP contribution in [0.15, 0.2) is 48.5 Å². The van der Waals surface area contributed by atoms with E-state index in [4.69, 9.17) is 44.5 Å². The number of carbonyl (C=O) groups is 4. The molecule has 0 spiro atoms. The number of primary amides is 1. The summed E-state index contributed by atoms with van der Waals surface area (Å²) >= 11 is 12.1. The van der Waals surface area contributed by atoms with Gasteiger partial charge in [-0.05, 0) is 42.3 Å². The molecule has 0 heterocycles. The fraction of sp³-hybridized carbons (Fsp3) is 0.273. The maximum atomic E-state index is 13.7. The van der Waals surface area contributed by atoms with Crippen LogP contribution in [-0.4, -0.2) is 52.2 Å². The number of benzene rings is 2. The molecule has 0 fully saturated rings. The number of aliphatic carboxylic acids is 2. The van der Waals surface area contributed by atoms with Crippen molar-refractivity contribution >= 4 is 47.0 Å². The molecule has 2 amide bonds. The molecule has 2 aromatic carbocycles. The first-order valence-corrected chi connectivity index (χ1v) is 10.6. The van der Waals surface area contributed by atoms with Crippen LogP contribution in [0, 0.1) is 5.92 Å². The Bertz CT molecular complexity index is 1050. The molecule has 0 radical (unpaired) electrons. The third kappa shape index (κ3) is 7.34. The summed E-state index contributed by atoms with van der Waals surface area (Å²) in [4.78, 5) is 48.8. The molecule has 182 valence electrons. The molecule has 0 bridgehead atoms. The molecule has 7 N–H and O–H groups in total. The minimum Gasteiger partial charge on any atom is -0.491 e. The minimum atomic E-state index is -2.03. The van der Waals surface area contributed by atoms with Crippen molar-refractivity contribution in [3.8, 4) is 5.75 Å². The normalized spacial score (nSPS) is 14.3. The molecule has 0 aliphatic heterocycles. The molecule has 2 aromatic rings. The van der Waals surface area contributed by atoms with Crippen LogP contribution >= 0.6 is 23.2 Å². The molecule has 34 heavy (non-hydrogen) atoms. The molecule has 2 unspecified atom stereocenters. The van der Waals surface area contributed by atoms with Gasteiger partial charge in [0.05, 0.1) is 0 Å². The van der Waals surface area contributed by atoms with E-state index < -0.39 is 54.3 Å². The zero-order chi connectivity index (χ0) is 25.5. The lowest BCUT2D eigenvalue weighted by molar-refractivity contribution is -0.150. The van der Waals surface area contributed by atoms with Crippen molar-refractivity contribution in [2.45, 2.75) is 24.4 Å². The predicted octanol–water partition coefficient (Wildman–Crippen LogP) is 2.09. The van der Waals surface area contributed by atoms with Gasteiger partial charge in [-0.3, -0.25) is 14.4 Å². The Morgan fingerprint density at radius 1 is 1.00 bits per heavy atom. The van der Waals surface area contributed by atoms with Crippen molar-refractivity contribution in [1.29, 1.82) is 0 Å². The van der Waals surface area contributed by atoms with Crippen molar-refractivity contribution in [2.24, 2.45) is 17.4 Å². The topological polar surface area (TPSA) is 182 Å². The predicted molar refractivity (Wildman–Crippen MR) is 124 cm³/mol. The zero-order valence-electron chi connectivity index (χ0n) is 17.7. The van der Waals surface area contributed by atoms with Gasteiger partial charge in [0.15, 0.2) is 5.78 Å². The van der Waals surface area contributed by atoms with E-state index in [0.717, 1.165) is 0 Å². The van der Waals surface area contributed by atoms with Gasteiger partial charge in [-0.25, -0.2) is 4.79 Å². The highest BCUT2D eigenvalue weighted by molar-refractivity contribution is 6.34. The zero-order valence-corrected chi connectivity index (χ0v) is 19.3. The summed E-state index contributed by atoms with van der Waals surface area (Å²) in [7, 11) is 0. The number of carboxylic acid groups (broad SMARTS) is 2. The van der Waals surface area contributed by atoms with E-state index in [1.165, 1.54) is 18.2 Å². The monoisotopic (exact) mass is 511 g/mol. The largest absolute Gasteiger partial charge is 0.491 e. The summed E-state index contributed by atoms with van der Waals surface area (Å²) < 4.78 is 5.71. The van der Waals surface area contributed by atoms with Gasteiger partial charge in [0.25, 0.3) is 0 Å². The number of para-hydroxylation sites is 1. The van der Waals surface area contributed by atoms with Gasteiger partial charge in [-0.1, -0.05) is 41.4 Å². The summed E-state index contributed by atoms with van der Waals surface area (Å²) in [5, 5.41) is 21.6. The van der Waals surface area contributed by atoms with E-state index in [-0.39, 0.29) is 16.5 Å². The third-order valence-electron chi connectivity index (χ3n) is 4.91. The third-order valence-corrected chi connectivity index (χ3v) is 5.35. The summed E-state index contributed by atoms with van der Waals surface area (Å²) in [5.74, 6) is -5.74. The summed E-state index contributed by atoms with van der Waals surface area (Å²) in [6, 6.07) is 9.86. The second kappa shape index (κ2) is 11.7. The first-order chi connectivity index (χ1) is 15.9. The summed E-state index contributed by atoms with van der Waals surface area (Å²) in [6.45, 7) is -0.533. The average molecular weight is 512 g/mol. The number of urea groups is 1. The van der Waals surface area contributed by atoms with Crippen molar-refractivity contribution in [2.75, 3.05) is 6.61 Å². The number of hydrogen-bond donors (Lipinski definition) is 5. The molecule has 0 aliphatic rings. The molecule has 0 aromatic heterocycles. The Kier molecular flexibility index (Phi) is 9.25. The Morgan fingerprint density at radius 2 is 1.59 bits per heavy atom. The standard InChI is InChI=1S/C22H23Cl2N3O7/c23-13-6-12(7-14(24)8-13)10-22(27-21(26)33,11-34-15-4-2-1-3-5-15)18(28)16(19(29)30)9-17(25)20(31)32/h1-8,16-17H,9-11,25H2,(H,29,30)(H,31,32)(H3,26,27,33)/t16?,17-,22?/m0/s1. The van der Waals surface area contributed by atoms with E-state index in [0.29, 0.717) is 11.3 Å². The summed E-state index contributed by atoms with van der Waals surface area (Å²) in [5.41, 5.74) is 9.18. The second-order valence-corrected chi connectivity index (χ2v) is 8.44. The number of hydrogen-bond acceptors (Lipinski definition) is 6. The van der Waals surface area contributed by atoms with Crippen LogP contribution in [-0.2, 0) is 20.8 Å². The molecule has 0 aliphatic carbocycles. The number of ether oxygens (including phenoxy) is 1. The Labute approximate surface area is 204 Å². The first-order valence-electron chi connectivity index (χ1n) is 9.89. The van der Waals surface area contributed by atoms with Crippen LogP contribution in [0.3, 0.4) is 0 Å². The van der Waals surface area contributed by atoms with Gasteiger partial charge in [-0.15, -0.1) is 0 Å². The maximum Gasteiger partial charge on any atom is 0.320 e. The Morgan fingerprint density at radius 3 is 2.09 bits per heavy atom. The second-order valence-electron chi connectivity index (χ2n) is 7.56. The lowest BCUT2D eigenvalue weighted by Gasteiger charge is -2.35. The number of nitrogens with two attached hydrogens (primary N) is 2. The first kappa shape index (κ1) is 26.9. The average Bonchev–Trinajstić information content (AvgIpc) is 2.74. The van der Waals surface area contributed by atoms with Crippen LogP contribution in [0.2, 0.25) is 10.0 Å². The van der Waals surface area contributed by atoms with E-state index >= 15 is 0 Å². The molecule has 3 atom stereocenters. The number of nitrogens with one attached hydrogen (secondary N) is 1. The van der Waals surface area contributed by atoms with Gasteiger partial charge in [0, 0.05) is 16.5 Å². The highest BCUT2D eigenvalue weighted by Crippen LogP contribution is 2.27. The van der Waals surface area contributed by atoms with Crippen molar-refractivity contribution in [3.05, 3.63) is 64.1 Å². The van der Waals surface area contributed by atoms with Crippen LogP contribution < -0.4 is 21.5 Å². The van der Waals surface area contributed by atoms with Gasteiger partial charge in [0.1, 0.15) is 29.9 Å². The quantitative estimate of drug-likeness (QED) is 0.268. The number of halogens is 2. The fourth-order valence-corrected chi connectivity index (χ4v) is 3.95. The number of ketones is 1. The van der Waals surface area contributed by atoms with E-state index in [2.05, 4.69) is 5.32 Å². The number of carbonyl (C=O) groups excluding carboxylic acids is 2. The molecule has 2 rings (SSSR count). The number of rotatable bonds is 12. The number of Topliss-reactive ketones (excluding diaryl/α,β-unsaturated/α-hetero) is 1. The lowest BCUT2D eigenvalue weighted by Crippen LogP contribution is -2.63. The molecule has 12 heteroatoms. The Balaban J connectivity index is 2.57. The van der Waals surface area contributed by atoms with Crippen molar-refractivity contribution in [3.63, 3.8) is 0 Å². The molecular weight excluding hydrogens is 489 g/mol. The van der Waals surface area contributed by atoms with Crippen LogP contribution in [0.4, 0.5) is 4.79 Å². The minimum absolute atomic E-state index is 0.231. The van der Waals surface area contributed by atoms with Gasteiger partial charge in [-0.2, -0.15) is 0 Å². The van der Waals surface area contributed by atoms with Crippen molar-refractivity contribution in [1.82, 2.24) is 5.32 Å². The number of amides is 2. The molecule has 10 nitrogen and oxygen atoms in total. The maximum absolute atomic E-state index is 13.7. The van der Waals surface area contributed by atoms with E-state index in [9.17, 15) is 24.3 Å². The molecular formula is C22H23Cl2N3O7. The van der Waals surface area contributed by atoms with E-state index in [1.54, 1.807) is 30.3 Å². The SMILES string of the molecule is NC(=O)NC(COc1ccccc1)(Cc1cc(Cl)cc(Cl)c1)C(=O)C(C[C@H](N)C(=O)O)C(=O)O. The fourth-order valence-electron chi connectivity index (χ4n) is 3.38.